The van der Waals surface area contributed by atoms with Gasteiger partial charge in [0.2, 0.25) is 0 Å². The Labute approximate surface area is 159 Å². The van der Waals surface area contributed by atoms with Gasteiger partial charge in [-0.15, -0.1) is 0 Å². The van der Waals surface area contributed by atoms with Gasteiger partial charge in [0.1, 0.15) is 0 Å². The van der Waals surface area contributed by atoms with Crippen LogP contribution in [-0.4, -0.2) is 35.1 Å². The molecule has 2 unspecified atom stereocenters. The molecule has 4 rings (SSSR count). The smallest absolute Gasteiger partial charge is 0.0883 e. The molecule has 26 heavy (non-hydrogen) atoms. The van der Waals surface area contributed by atoms with E-state index >= 15 is 0 Å². The van der Waals surface area contributed by atoms with Gasteiger partial charge in [0.15, 0.2) is 0 Å². The van der Waals surface area contributed by atoms with Crippen molar-refractivity contribution in [2.24, 2.45) is 40.9 Å². The molecule has 150 valence electrons. The molecule has 4 aliphatic carbocycles. The minimum Gasteiger partial charge on any atom is -0.393 e. The van der Waals surface area contributed by atoms with Gasteiger partial charge in [-0.2, -0.15) is 0 Å². The highest BCUT2D eigenvalue weighted by Gasteiger charge is 2.58. The van der Waals surface area contributed by atoms with Crippen LogP contribution in [0.25, 0.3) is 0 Å². The lowest BCUT2D eigenvalue weighted by molar-refractivity contribution is -0.131. The molecule has 3 nitrogen and oxygen atoms in total. The fraction of sp³-hybridized carbons (Fsp3) is 1.00. The van der Waals surface area contributed by atoms with E-state index in [1.807, 2.05) is 13.8 Å². The van der Waals surface area contributed by atoms with Crippen molar-refractivity contribution in [3.63, 3.8) is 0 Å². The first-order chi connectivity index (χ1) is 12.4. The van der Waals surface area contributed by atoms with Gasteiger partial charge in [0, 0.05) is 6.61 Å². The van der Waals surface area contributed by atoms with E-state index in [1.165, 1.54) is 44.9 Å². The van der Waals surface area contributed by atoms with Crippen LogP contribution >= 0.6 is 0 Å². The lowest BCUT2D eigenvalue weighted by Crippen LogP contribution is -2.52. The number of hydrogen-bond donors (Lipinski definition) is 2. The van der Waals surface area contributed by atoms with Crippen molar-refractivity contribution in [1.82, 2.24) is 0 Å². The minimum absolute atomic E-state index is 0.152. The van der Waals surface area contributed by atoms with Gasteiger partial charge in [-0.05, 0) is 113 Å². The van der Waals surface area contributed by atoms with E-state index < -0.39 is 5.60 Å². The Kier molecular flexibility index (Phi) is 5.20. The van der Waals surface area contributed by atoms with Crippen LogP contribution in [0.1, 0.15) is 78.6 Å². The third-order valence-electron chi connectivity index (χ3n) is 9.33. The van der Waals surface area contributed by atoms with E-state index in [4.69, 9.17) is 4.74 Å². The van der Waals surface area contributed by atoms with Crippen LogP contribution in [0, 0.1) is 40.9 Å². The highest BCUT2D eigenvalue weighted by Crippen LogP contribution is 2.65. The Morgan fingerprint density at radius 2 is 1.77 bits per heavy atom. The zero-order valence-electron chi connectivity index (χ0n) is 17.1. The van der Waals surface area contributed by atoms with Crippen LogP contribution in [0.2, 0.25) is 0 Å². The highest BCUT2D eigenvalue weighted by atomic mass is 16.5. The Hall–Kier alpha value is -0.120. The summed E-state index contributed by atoms with van der Waals surface area (Å²) < 4.78 is 5.59. The molecule has 4 aliphatic rings. The van der Waals surface area contributed by atoms with Crippen molar-refractivity contribution in [1.29, 1.82) is 0 Å². The van der Waals surface area contributed by atoms with Crippen molar-refractivity contribution in [2.75, 3.05) is 13.2 Å². The summed E-state index contributed by atoms with van der Waals surface area (Å²) in [5.41, 5.74) is -0.204. The molecule has 0 heterocycles. The highest BCUT2D eigenvalue weighted by molar-refractivity contribution is 5.07. The summed E-state index contributed by atoms with van der Waals surface area (Å²) in [4.78, 5) is 0. The third-order valence-corrected chi connectivity index (χ3v) is 9.33. The number of rotatable bonds is 4. The molecule has 0 radical (unpaired) electrons. The van der Waals surface area contributed by atoms with Gasteiger partial charge < -0.3 is 14.9 Å². The molecule has 0 amide bonds. The maximum Gasteiger partial charge on any atom is 0.0883 e. The summed E-state index contributed by atoms with van der Waals surface area (Å²) in [7, 11) is 0. The van der Waals surface area contributed by atoms with Crippen LogP contribution in [0.5, 0.6) is 0 Å². The standard InChI is InChI=1S/C23H40O3/c1-4-26-14-23(25)12-10-17-16(13-23)5-6-19-18(17)9-11-22(3)20(15(2)24)7-8-21(19)22/h15-21,24-25H,4-14H2,1-3H3/t15?,16-,17-,18+,19+,20?,21-,22+,23+/m0/s1. The molecule has 0 aliphatic heterocycles. The van der Waals surface area contributed by atoms with Gasteiger partial charge in [-0.25, -0.2) is 0 Å². The molecule has 9 atom stereocenters. The van der Waals surface area contributed by atoms with Crippen LogP contribution in [-0.2, 0) is 4.74 Å². The Bertz CT molecular complexity index is 506. The first-order valence-electron chi connectivity index (χ1n) is 11.4. The summed E-state index contributed by atoms with van der Waals surface area (Å²) in [5.74, 6) is 4.60. The van der Waals surface area contributed by atoms with E-state index in [-0.39, 0.29) is 6.10 Å². The summed E-state index contributed by atoms with van der Waals surface area (Å²) in [6, 6.07) is 0. The Balaban J connectivity index is 1.47. The van der Waals surface area contributed by atoms with Gasteiger partial charge >= 0.3 is 0 Å². The second-order valence-corrected chi connectivity index (χ2v) is 10.5. The molecular formula is C23H40O3. The fourth-order valence-corrected chi connectivity index (χ4v) is 8.22. The first kappa shape index (κ1) is 19.2. The second-order valence-electron chi connectivity index (χ2n) is 10.5. The van der Waals surface area contributed by atoms with Gasteiger partial charge in [0.05, 0.1) is 18.3 Å². The maximum absolute atomic E-state index is 11.0. The van der Waals surface area contributed by atoms with E-state index in [2.05, 4.69) is 6.92 Å². The predicted molar refractivity (Wildman–Crippen MR) is 104 cm³/mol. The summed E-state index contributed by atoms with van der Waals surface area (Å²) in [6.45, 7) is 7.75. The largest absolute Gasteiger partial charge is 0.393 e. The molecule has 0 bridgehead atoms. The summed E-state index contributed by atoms with van der Waals surface area (Å²) in [6.07, 6.45) is 10.8. The molecule has 0 aromatic carbocycles. The number of aliphatic hydroxyl groups excluding tert-OH is 1. The van der Waals surface area contributed by atoms with Crippen LogP contribution in [0.4, 0.5) is 0 Å². The molecule has 0 spiro atoms. The lowest BCUT2D eigenvalue weighted by Gasteiger charge is -2.57. The van der Waals surface area contributed by atoms with E-state index in [0.29, 0.717) is 30.5 Å². The van der Waals surface area contributed by atoms with E-state index in [9.17, 15) is 10.2 Å². The minimum atomic E-state index is -0.571. The van der Waals surface area contributed by atoms with Crippen molar-refractivity contribution >= 4 is 0 Å². The lowest BCUT2D eigenvalue weighted by atomic mass is 9.49. The zero-order valence-corrected chi connectivity index (χ0v) is 17.1. The van der Waals surface area contributed by atoms with Crippen LogP contribution < -0.4 is 0 Å². The topological polar surface area (TPSA) is 49.7 Å². The number of hydrogen-bond acceptors (Lipinski definition) is 3. The van der Waals surface area contributed by atoms with Crippen molar-refractivity contribution in [3.05, 3.63) is 0 Å². The predicted octanol–water partition coefficient (Wildman–Crippen LogP) is 4.40. The molecule has 4 fully saturated rings. The number of fused-ring (bicyclic) bond motifs is 5. The monoisotopic (exact) mass is 364 g/mol. The fourth-order valence-electron chi connectivity index (χ4n) is 8.22. The molecule has 2 N–H and O–H groups in total. The maximum atomic E-state index is 11.0. The molecule has 0 aromatic heterocycles. The van der Waals surface area contributed by atoms with Gasteiger partial charge in [0.25, 0.3) is 0 Å². The quantitative estimate of drug-likeness (QED) is 0.777. The van der Waals surface area contributed by atoms with Crippen molar-refractivity contribution in [3.8, 4) is 0 Å². The Morgan fingerprint density at radius 3 is 2.50 bits per heavy atom. The average molecular weight is 365 g/mol. The molecule has 0 saturated heterocycles. The van der Waals surface area contributed by atoms with Gasteiger partial charge in [-0.1, -0.05) is 6.92 Å². The second kappa shape index (κ2) is 7.04. The van der Waals surface area contributed by atoms with E-state index in [0.717, 1.165) is 36.5 Å². The van der Waals surface area contributed by atoms with E-state index in [1.54, 1.807) is 0 Å². The first-order valence-corrected chi connectivity index (χ1v) is 11.4. The van der Waals surface area contributed by atoms with Crippen molar-refractivity contribution < 1.29 is 14.9 Å². The molecule has 4 saturated carbocycles. The molecular weight excluding hydrogens is 324 g/mol. The number of aliphatic hydroxyl groups is 2. The molecule has 3 heteroatoms. The summed E-state index contributed by atoms with van der Waals surface area (Å²) in [5, 5.41) is 21.3. The zero-order chi connectivity index (χ0) is 18.5. The van der Waals surface area contributed by atoms with Crippen LogP contribution in [0.3, 0.4) is 0 Å². The average Bonchev–Trinajstić information content (AvgIpc) is 2.97. The number of ether oxygens (including phenoxy) is 1. The Morgan fingerprint density at radius 1 is 1.00 bits per heavy atom. The van der Waals surface area contributed by atoms with Crippen LogP contribution in [0.15, 0.2) is 0 Å². The summed E-state index contributed by atoms with van der Waals surface area (Å²) >= 11 is 0. The van der Waals surface area contributed by atoms with Gasteiger partial charge in [-0.3, -0.25) is 0 Å². The normalized spacial score (nSPS) is 52.0. The third kappa shape index (κ3) is 3.06. The van der Waals surface area contributed by atoms with Crippen molar-refractivity contribution in [2.45, 2.75) is 90.3 Å². The molecule has 0 aromatic rings. The SMILES string of the molecule is CCOC[C@@]1(O)CC[C@H]2[C@@H](CC[C@@H]3[C@@H]2CC[C@]2(C)C(C(C)O)CC[C@@H]32)C1.